The third kappa shape index (κ3) is 5.81. The summed E-state index contributed by atoms with van der Waals surface area (Å²) in [5, 5.41) is 5.14. The van der Waals surface area contributed by atoms with Gasteiger partial charge in [-0.3, -0.25) is 4.90 Å². The van der Waals surface area contributed by atoms with E-state index in [-0.39, 0.29) is 6.09 Å². The van der Waals surface area contributed by atoms with E-state index in [0.717, 1.165) is 13.0 Å². The van der Waals surface area contributed by atoms with Gasteiger partial charge in [0.25, 0.3) is 0 Å². The first kappa shape index (κ1) is 18.3. The van der Waals surface area contributed by atoms with E-state index < -0.39 is 5.60 Å². The van der Waals surface area contributed by atoms with Crippen LogP contribution in [0.4, 0.5) is 4.79 Å². The van der Waals surface area contributed by atoms with Gasteiger partial charge < -0.3 is 10.1 Å². The number of carbonyl (C=O) groups excluding carboxylic acids is 1. The molecule has 0 aromatic carbocycles. The molecule has 1 aromatic heterocycles. The second-order valence-corrected chi connectivity index (χ2v) is 8.23. The predicted molar refractivity (Wildman–Crippen MR) is 96.1 cm³/mol. The fourth-order valence-corrected chi connectivity index (χ4v) is 3.74. The molecule has 0 bridgehead atoms. The summed E-state index contributed by atoms with van der Waals surface area (Å²) in [7, 11) is 0. The van der Waals surface area contributed by atoms with Crippen molar-refractivity contribution in [3.8, 4) is 0 Å². The maximum Gasteiger partial charge on any atom is 0.407 e. The molecule has 1 aromatic rings. The number of hydrogen-bond donors (Lipinski definition) is 1. The number of nitrogens with one attached hydrogen (secondary N) is 1. The molecule has 130 valence electrons. The highest BCUT2D eigenvalue weighted by atomic mass is 32.1. The first-order chi connectivity index (χ1) is 10.8. The molecule has 1 fully saturated rings. The average Bonchev–Trinajstić information content (AvgIpc) is 3.17. The zero-order valence-electron chi connectivity index (χ0n) is 15.0. The Balaban J connectivity index is 1.85. The first-order valence-electron chi connectivity index (χ1n) is 8.60. The summed E-state index contributed by atoms with van der Waals surface area (Å²) in [6, 6.07) is 3.40. The Hall–Kier alpha value is -1.07. The van der Waals surface area contributed by atoms with Crippen LogP contribution in [0.3, 0.4) is 0 Å². The Labute approximate surface area is 144 Å². The van der Waals surface area contributed by atoms with E-state index in [1.165, 1.54) is 23.3 Å². The van der Waals surface area contributed by atoms with Gasteiger partial charge in [0.1, 0.15) is 5.60 Å². The maximum absolute atomic E-state index is 11.8. The number of amides is 1. The van der Waals surface area contributed by atoms with E-state index in [1.54, 1.807) is 0 Å². The number of carbonyl (C=O) groups is 1. The van der Waals surface area contributed by atoms with Gasteiger partial charge in [-0.1, -0.05) is 6.92 Å². The Morgan fingerprint density at radius 2 is 2.17 bits per heavy atom. The van der Waals surface area contributed by atoms with Crippen molar-refractivity contribution in [1.82, 2.24) is 10.2 Å². The molecule has 4 nitrogen and oxygen atoms in total. The van der Waals surface area contributed by atoms with Crippen LogP contribution < -0.4 is 5.32 Å². The van der Waals surface area contributed by atoms with Gasteiger partial charge in [0.2, 0.25) is 0 Å². The van der Waals surface area contributed by atoms with Gasteiger partial charge in [0.05, 0.1) is 0 Å². The molecule has 1 atom stereocenters. The second kappa shape index (κ2) is 7.67. The minimum absolute atomic E-state index is 0.328. The van der Waals surface area contributed by atoms with Crippen LogP contribution in [0, 0.1) is 0 Å². The molecule has 1 amide bonds. The van der Waals surface area contributed by atoms with Crippen LogP contribution in [0.2, 0.25) is 0 Å². The monoisotopic (exact) mass is 338 g/mol. The molecule has 23 heavy (non-hydrogen) atoms. The molecule has 1 N–H and O–H groups in total. The normalized spacial score (nSPS) is 16.4. The van der Waals surface area contributed by atoms with E-state index >= 15 is 0 Å². The van der Waals surface area contributed by atoms with E-state index in [4.69, 9.17) is 4.74 Å². The Kier molecular flexibility index (Phi) is 6.09. The Bertz CT molecular complexity index is 517. The average molecular weight is 339 g/mol. The summed E-state index contributed by atoms with van der Waals surface area (Å²) < 4.78 is 5.29. The van der Waals surface area contributed by atoms with Crippen molar-refractivity contribution in [2.24, 2.45) is 0 Å². The molecule has 0 radical (unpaired) electrons. The summed E-state index contributed by atoms with van der Waals surface area (Å²) in [6.07, 6.45) is 3.30. The van der Waals surface area contributed by atoms with Gasteiger partial charge in [-0.15, -0.1) is 11.3 Å². The summed E-state index contributed by atoms with van der Waals surface area (Å²) in [5.74, 6) is 0. The summed E-state index contributed by atoms with van der Waals surface area (Å²) >= 11 is 1.85. The molecule has 0 saturated heterocycles. The summed E-state index contributed by atoms with van der Waals surface area (Å²) in [5.41, 5.74) is 0.973. The third-order valence-electron chi connectivity index (χ3n) is 4.05. The number of ether oxygens (including phenoxy) is 1. The van der Waals surface area contributed by atoms with Crippen LogP contribution >= 0.6 is 11.3 Å². The Morgan fingerprint density at radius 1 is 1.48 bits per heavy atom. The van der Waals surface area contributed by atoms with Crippen LogP contribution in [0.1, 0.15) is 63.9 Å². The molecule has 5 heteroatoms. The third-order valence-corrected chi connectivity index (χ3v) is 5.20. The molecule has 1 unspecified atom stereocenters. The van der Waals surface area contributed by atoms with Crippen LogP contribution in [-0.4, -0.2) is 35.7 Å². The highest BCUT2D eigenvalue weighted by Crippen LogP contribution is 2.36. The first-order valence-corrected chi connectivity index (χ1v) is 9.48. The zero-order valence-corrected chi connectivity index (χ0v) is 15.8. The molecule has 0 spiro atoms. The summed E-state index contributed by atoms with van der Waals surface area (Å²) in [4.78, 5) is 15.7. The summed E-state index contributed by atoms with van der Waals surface area (Å²) in [6.45, 7) is 11.6. The van der Waals surface area contributed by atoms with Crippen molar-refractivity contribution >= 4 is 17.4 Å². The minimum Gasteiger partial charge on any atom is -0.444 e. The van der Waals surface area contributed by atoms with Crippen molar-refractivity contribution in [1.29, 1.82) is 0 Å². The molecule has 1 aliphatic rings. The lowest BCUT2D eigenvalue weighted by Gasteiger charge is -2.29. The fraction of sp³-hybridized carbons (Fsp3) is 0.722. The van der Waals surface area contributed by atoms with Crippen molar-refractivity contribution < 1.29 is 9.53 Å². The maximum atomic E-state index is 11.8. The van der Waals surface area contributed by atoms with Crippen molar-refractivity contribution in [3.05, 3.63) is 21.9 Å². The van der Waals surface area contributed by atoms with Gasteiger partial charge in [0, 0.05) is 30.1 Å². The standard InChI is InChI=1S/C18H30N2O2S/c1-6-14-11-16(23-12-14)13(2)20(15-7-8-15)10-9-19-17(21)22-18(3,4)5/h11-13,15H,6-10H2,1-5H3,(H,19,21). The number of thiophene rings is 1. The zero-order chi connectivity index (χ0) is 17.0. The van der Waals surface area contributed by atoms with Gasteiger partial charge in [-0.2, -0.15) is 0 Å². The molecule has 2 rings (SSSR count). The van der Waals surface area contributed by atoms with E-state index in [1.807, 2.05) is 32.1 Å². The van der Waals surface area contributed by atoms with Crippen LogP contribution in [0.25, 0.3) is 0 Å². The van der Waals surface area contributed by atoms with Gasteiger partial charge >= 0.3 is 6.09 Å². The van der Waals surface area contributed by atoms with Gasteiger partial charge in [-0.25, -0.2) is 4.79 Å². The molecule has 1 aliphatic carbocycles. The predicted octanol–water partition coefficient (Wildman–Crippen LogP) is 4.36. The molecule has 0 aliphatic heterocycles. The number of alkyl carbamates (subject to hydrolysis) is 1. The van der Waals surface area contributed by atoms with Gasteiger partial charge in [0.15, 0.2) is 0 Å². The van der Waals surface area contributed by atoms with E-state index in [0.29, 0.717) is 18.6 Å². The van der Waals surface area contributed by atoms with Crippen LogP contribution in [0.5, 0.6) is 0 Å². The topological polar surface area (TPSA) is 41.6 Å². The highest BCUT2D eigenvalue weighted by molar-refractivity contribution is 7.10. The molecule has 1 saturated carbocycles. The van der Waals surface area contributed by atoms with Crippen LogP contribution in [-0.2, 0) is 11.2 Å². The highest BCUT2D eigenvalue weighted by Gasteiger charge is 2.33. The number of hydrogen-bond acceptors (Lipinski definition) is 4. The number of aryl methyl sites for hydroxylation is 1. The van der Waals surface area contributed by atoms with E-state index in [9.17, 15) is 4.79 Å². The van der Waals surface area contributed by atoms with Crippen molar-refractivity contribution in [2.75, 3.05) is 13.1 Å². The Morgan fingerprint density at radius 3 is 2.70 bits per heavy atom. The molecular weight excluding hydrogens is 308 g/mol. The lowest BCUT2D eigenvalue weighted by Crippen LogP contribution is -2.39. The van der Waals surface area contributed by atoms with Crippen LogP contribution in [0.15, 0.2) is 11.4 Å². The largest absolute Gasteiger partial charge is 0.444 e. The van der Waals surface area contributed by atoms with E-state index in [2.05, 4.69) is 35.5 Å². The second-order valence-electron chi connectivity index (χ2n) is 7.28. The lowest BCUT2D eigenvalue weighted by molar-refractivity contribution is 0.0518. The fourth-order valence-electron chi connectivity index (χ4n) is 2.66. The number of rotatable bonds is 7. The molecule has 1 heterocycles. The number of nitrogens with zero attached hydrogens (tertiary/aromatic N) is 1. The smallest absolute Gasteiger partial charge is 0.407 e. The quantitative estimate of drug-likeness (QED) is 0.803. The van der Waals surface area contributed by atoms with Crippen molar-refractivity contribution in [3.63, 3.8) is 0 Å². The van der Waals surface area contributed by atoms with Crippen molar-refractivity contribution in [2.45, 2.75) is 71.6 Å². The molecular formula is C18H30N2O2S. The SMILES string of the molecule is CCc1csc(C(C)N(CCNC(=O)OC(C)(C)C)C2CC2)c1. The van der Waals surface area contributed by atoms with Gasteiger partial charge in [-0.05, 0) is 64.0 Å². The lowest BCUT2D eigenvalue weighted by atomic mass is 10.2. The minimum atomic E-state index is -0.443.